The van der Waals surface area contributed by atoms with Gasteiger partial charge in [-0.05, 0) is 42.5 Å². The van der Waals surface area contributed by atoms with Gasteiger partial charge in [0.2, 0.25) is 15.9 Å². The Kier molecular flexibility index (Phi) is 6.63. The summed E-state index contributed by atoms with van der Waals surface area (Å²) in [5.41, 5.74) is 0.842. The molecule has 2 aromatic rings. The Bertz CT molecular complexity index is 994. The number of nitrogens with zero attached hydrogens (tertiary/aromatic N) is 2. The maximum absolute atomic E-state index is 13.2. The molecule has 0 unspecified atom stereocenters. The van der Waals surface area contributed by atoms with Gasteiger partial charge in [-0.2, -0.15) is 0 Å². The number of anilines is 2. The smallest absolute Gasteiger partial charge is 0.253 e. The average Bonchev–Trinajstić information content (AvgIpc) is 2.61. The van der Waals surface area contributed by atoms with E-state index in [1.807, 2.05) is 0 Å². The van der Waals surface area contributed by atoms with Crippen molar-refractivity contribution in [3.63, 3.8) is 0 Å². The molecule has 1 N–H and O–H groups in total. The standard InChI is InChI=1S/C18H19ClFN3O4S/c1-22(2)18(25)12-4-7-14(8-5-12)23(28(3,26)27)11-17(24)21-13-6-9-16(20)15(19)10-13/h4-10H,11H2,1-3H3,(H,21,24). The van der Waals surface area contributed by atoms with Crippen molar-refractivity contribution >= 4 is 44.8 Å². The van der Waals surface area contributed by atoms with Gasteiger partial charge in [0, 0.05) is 25.3 Å². The molecule has 150 valence electrons. The summed E-state index contributed by atoms with van der Waals surface area (Å²) >= 11 is 5.67. The second kappa shape index (κ2) is 8.57. The topological polar surface area (TPSA) is 86.8 Å². The lowest BCUT2D eigenvalue weighted by molar-refractivity contribution is -0.114. The van der Waals surface area contributed by atoms with Crippen LogP contribution in [0.5, 0.6) is 0 Å². The average molecular weight is 428 g/mol. The summed E-state index contributed by atoms with van der Waals surface area (Å²) in [7, 11) is -0.574. The predicted molar refractivity (Wildman–Crippen MR) is 107 cm³/mol. The molecule has 0 spiro atoms. The molecule has 0 aliphatic rings. The normalized spacial score (nSPS) is 11.0. The molecule has 7 nitrogen and oxygen atoms in total. The maximum atomic E-state index is 13.2. The van der Waals surface area contributed by atoms with Crippen LogP contribution < -0.4 is 9.62 Å². The van der Waals surface area contributed by atoms with Gasteiger partial charge in [-0.15, -0.1) is 0 Å². The van der Waals surface area contributed by atoms with E-state index >= 15 is 0 Å². The lowest BCUT2D eigenvalue weighted by Gasteiger charge is -2.22. The number of halogens is 2. The van der Waals surface area contributed by atoms with E-state index in [1.54, 1.807) is 14.1 Å². The van der Waals surface area contributed by atoms with Crippen molar-refractivity contribution in [2.24, 2.45) is 0 Å². The third kappa shape index (κ3) is 5.43. The van der Waals surface area contributed by atoms with Crippen molar-refractivity contribution in [3.05, 3.63) is 58.9 Å². The Balaban J connectivity index is 2.21. The van der Waals surface area contributed by atoms with Crippen LogP contribution in [-0.2, 0) is 14.8 Å². The van der Waals surface area contributed by atoms with Crippen LogP contribution in [0.2, 0.25) is 5.02 Å². The summed E-state index contributed by atoms with van der Waals surface area (Å²) in [5.74, 6) is -1.50. The summed E-state index contributed by atoms with van der Waals surface area (Å²) in [6, 6.07) is 9.47. The summed E-state index contributed by atoms with van der Waals surface area (Å²) in [5, 5.41) is 2.30. The summed E-state index contributed by atoms with van der Waals surface area (Å²) in [4.78, 5) is 25.6. The summed E-state index contributed by atoms with van der Waals surface area (Å²) < 4.78 is 38.4. The number of rotatable bonds is 6. The minimum Gasteiger partial charge on any atom is -0.345 e. The Morgan fingerprint density at radius 1 is 1.11 bits per heavy atom. The lowest BCUT2D eigenvalue weighted by Crippen LogP contribution is -2.37. The summed E-state index contributed by atoms with van der Waals surface area (Å²) in [6.45, 7) is -0.505. The zero-order valence-electron chi connectivity index (χ0n) is 15.4. The molecule has 10 heteroatoms. The number of hydrogen-bond acceptors (Lipinski definition) is 4. The number of benzene rings is 2. The van der Waals surface area contributed by atoms with E-state index in [2.05, 4.69) is 5.32 Å². The van der Waals surface area contributed by atoms with Crippen molar-refractivity contribution in [2.45, 2.75) is 0 Å². The molecule has 0 saturated heterocycles. The first-order valence-corrected chi connectivity index (χ1v) is 10.3. The van der Waals surface area contributed by atoms with Crippen molar-refractivity contribution in [3.8, 4) is 0 Å². The van der Waals surface area contributed by atoms with Gasteiger partial charge in [0.15, 0.2) is 0 Å². The molecule has 28 heavy (non-hydrogen) atoms. The molecular formula is C18H19ClFN3O4S. The van der Waals surface area contributed by atoms with Crippen LogP contribution in [0.4, 0.5) is 15.8 Å². The predicted octanol–water partition coefficient (Wildman–Crippen LogP) is 2.59. The van der Waals surface area contributed by atoms with Gasteiger partial charge in [0.05, 0.1) is 17.0 Å². The highest BCUT2D eigenvalue weighted by Gasteiger charge is 2.21. The van der Waals surface area contributed by atoms with E-state index in [9.17, 15) is 22.4 Å². The van der Waals surface area contributed by atoms with E-state index in [-0.39, 0.29) is 22.3 Å². The SMILES string of the molecule is CN(C)C(=O)c1ccc(N(CC(=O)Nc2ccc(F)c(Cl)c2)S(C)(=O)=O)cc1. The number of amides is 2. The van der Waals surface area contributed by atoms with Crippen molar-refractivity contribution in [1.82, 2.24) is 4.90 Å². The van der Waals surface area contributed by atoms with Crippen LogP contribution in [0.1, 0.15) is 10.4 Å². The fourth-order valence-corrected chi connectivity index (χ4v) is 3.37. The largest absolute Gasteiger partial charge is 0.345 e. The summed E-state index contributed by atoms with van der Waals surface area (Å²) in [6.07, 6.45) is 0.966. The molecule has 0 heterocycles. The zero-order chi connectivity index (χ0) is 21.1. The minimum absolute atomic E-state index is 0.168. The molecule has 0 saturated carbocycles. The van der Waals surface area contributed by atoms with Gasteiger partial charge >= 0.3 is 0 Å². The van der Waals surface area contributed by atoms with Crippen LogP contribution in [0.15, 0.2) is 42.5 Å². The first kappa shape index (κ1) is 21.6. The number of carbonyl (C=O) groups excluding carboxylic acids is 2. The van der Waals surface area contributed by atoms with Crippen molar-refractivity contribution < 1.29 is 22.4 Å². The van der Waals surface area contributed by atoms with Crippen LogP contribution in [0.25, 0.3) is 0 Å². The van der Waals surface area contributed by atoms with Crippen molar-refractivity contribution in [2.75, 3.05) is 36.5 Å². The molecule has 0 radical (unpaired) electrons. The Labute approximate surface area is 167 Å². The van der Waals surface area contributed by atoms with E-state index < -0.39 is 28.3 Å². The molecular weight excluding hydrogens is 409 g/mol. The fraction of sp³-hybridized carbons (Fsp3) is 0.222. The highest BCUT2D eigenvalue weighted by atomic mass is 35.5. The quantitative estimate of drug-likeness (QED) is 0.767. The molecule has 0 aliphatic carbocycles. The van der Waals surface area contributed by atoms with E-state index in [0.29, 0.717) is 5.56 Å². The molecule has 2 aromatic carbocycles. The molecule has 2 amide bonds. The third-order valence-electron chi connectivity index (χ3n) is 3.70. The zero-order valence-corrected chi connectivity index (χ0v) is 17.0. The van der Waals surface area contributed by atoms with E-state index in [4.69, 9.17) is 11.6 Å². The third-order valence-corrected chi connectivity index (χ3v) is 5.13. The Morgan fingerprint density at radius 3 is 2.21 bits per heavy atom. The first-order valence-electron chi connectivity index (χ1n) is 8.03. The molecule has 0 atom stereocenters. The van der Waals surface area contributed by atoms with Crippen LogP contribution >= 0.6 is 11.6 Å². The van der Waals surface area contributed by atoms with Gasteiger partial charge in [0.25, 0.3) is 5.91 Å². The number of sulfonamides is 1. The molecule has 2 rings (SSSR count). The van der Waals surface area contributed by atoms with Crippen LogP contribution in [-0.4, -0.2) is 52.0 Å². The second-order valence-corrected chi connectivity index (χ2v) is 8.51. The van der Waals surface area contributed by atoms with E-state index in [1.165, 1.54) is 41.3 Å². The van der Waals surface area contributed by atoms with Crippen molar-refractivity contribution in [1.29, 1.82) is 0 Å². The monoisotopic (exact) mass is 427 g/mol. The highest BCUT2D eigenvalue weighted by molar-refractivity contribution is 7.92. The van der Waals surface area contributed by atoms with Gasteiger partial charge in [0.1, 0.15) is 12.4 Å². The minimum atomic E-state index is -3.78. The number of nitrogens with one attached hydrogen (secondary N) is 1. The second-order valence-electron chi connectivity index (χ2n) is 6.19. The number of hydrogen-bond donors (Lipinski definition) is 1. The maximum Gasteiger partial charge on any atom is 0.253 e. The van der Waals surface area contributed by atoms with Gasteiger partial charge in [-0.1, -0.05) is 11.6 Å². The van der Waals surface area contributed by atoms with Crippen LogP contribution in [0, 0.1) is 5.82 Å². The van der Waals surface area contributed by atoms with Gasteiger partial charge in [-0.25, -0.2) is 12.8 Å². The van der Waals surface area contributed by atoms with Crippen LogP contribution in [0.3, 0.4) is 0 Å². The number of carbonyl (C=O) groups is 2. The van der Waals surface area contributed by atoms with E-state index in [0.717, 1.165) is 16.6 Å². The Morgan fingerprint density at radius 2 is 1.71 bits per heavy atom. The molecule has 0 fully saturated rings. The Hall–Kier alpha value is -2.65. The molecule has 0 aliphatic heterocycles. The van der Waals surface area contributed by atoms with Gasteiger partial charge < -0.3 is 10.2 Å². The fourth-order valence-electron chi connectivity index (χ4n) is 2.33. The lowest BCUT2D eigenvalue weighted by atomic mass is 10.2. The highest BCUT2D eigenvalue weighted by Crippen LogP contribution is 2.21. The molecule has 0 aromatic heterocycles. The first-order chi connectivity index (χ1) is 13.0. The molecule has 0 bridgehead atoms. The van der Waals surface area contributed by atoms with Gasteiger partial charge in [-0.3, -0.25) is 13.9 Å².